The van der Waals surface area contributed by atoms with E-state index in [1.165, 1.54) is 6.20 Å². The van der Waals surface area contributed by atoms with E-state index < -0.39 is 0 Å². The number of hydrogen-bond donors (Lipinski definition) is 3. The van der Waals surface area contributed by atoms with Gasteiger partial charge in [0.2, 0.25) is 0 Å². The zero-order valence-electron chi connectivity index (χ0n) is 16.6. The molecular formula is C22H25N5O2. The van der Waals surface area contributed by atoms with Gasteiger partial charge < -0.3 is 10.1 Å². The summed E-state index contributed by atoms with van der Waals surface area (Å²) in [6.45, 7) is 1.81. The molecule has 4 atom stereocenters. The van der Waals surface area contributed by atoms with Crippen molar-refractivity contribution in [1.29, 1.82) is 5.26 Å². The van der Waals surface area contributed by atoms with Crippen molar-refractivity contribution < 1.29 is 9.53 Å². The van der Waals surface area contributed by atoms with Gasteiger partial charge in [0.25, 0.3) is 5.91 Å². The second kappa shape index (κ2) is 8.19. The van der Waals surface area contributed by atoms with E-state index in [1.54, 1.807) is 13.2 Å². The summed E-state index contributed by atoms with van der Waals surface area (Å²) in [6.07, 6.45) is 4.21. The number of fused-ring (bicyclic) bond motifs is 1. The number of methoxy groups -OCH3 is 1. The van der Waals surface area contributed by atoms with Crippen LogP contribution in [-0.2, 0) is 0 Å². The number of nitriles is 1. The van der Waals surface area contributed by atoms with Crippen LogP contribution in [0.4, 0.5) is 0 Å². The lowest BCUT2D eigenvalue weighted by Crippen LogP contribution is -2.44. The van der Waals surface area contributed by atoms with Crippen LogP contribution in [0.1, 0.15) is 52.5 Å². The van der Waals surface area contributed by atoms with Gasteiger partial charge in [-0.1, -0.05) is 18.2 Å². The summed E-state index contributed by atoms with van der Waals surface area (Å²) < 4.78 is 5.55. The van der Waals surface area contributed by atoms with Crippen LogP contribution in [0.15, 0.2) is 36.5 Å². The highest BCUT2D eigenvalue weighted by Gasteiger charge is 2.42. The molecule has 29 heavy (non-hydrogen) atoms. The highest BCUT2D eigenvalue weighted by Crippen LogP contribution is 2.40. The first-order chi connectivity index (χ1) is 14.1. The second-order valence-electron chi connectivity index (χ2n) is 7.76. The molecular weight excluding hydrogens is 366 g/mol. The molecule has 150 valence electrons. The standard InChI is InChI=1S/C22H25N5O2/c1-13-9-14(11-23)12-24-20(13)22(28)25-15-7-8-18-17(10-15)21(27-26-18)16-5-3-4-6-19(16)29-2/h3-6,9,12,15,17-18,21,26-27H,7-8,10H2,1-2H3,(H,25,28). The van der Waals surface area contributed by atoms with Gasteiger partial charge in [-0.2, -0.15) is 5.26 Å². The predicted octanol–water partition coefficient (Wildman–Crippen LogP) is 2.39. The molecule has 0 spiro atoms. The Morgan fingerprint density at radius 3 is 2.90 bits per heavy atom. The van der Waals surface area contributed by atoms with Gasteiger partial charge in [-0.3, -0.25) is 10.2 Å². The second-order valence-corrected chi connectivity index (χ2v) is 7.76. The molecule has 0 radical (unpaired) electrons. The average molecular weight is 391 g/mol. The summed E-state index contributed by atoms with van der Waals surface area (Å²) in [5, 5.41) is 12.1. The monoisotopic (exact) mass is 391 g/mol. The van der Waals surface area contributed by atoms with E-state index in [0.717, 1.165) is 30.6 Å². The molecule has 7 heteroatoms. The number of aryl methyl sites for hydroxylation is 1. The number of benzene rings is 1. The smallest absolute Gasteiger partial charge is 0.270 e. The maximum Gasteiger partial charge on any atom is 0.270 e. The van der Waals surface area contributed by atoms with E-state index in [2.05, 4.69) is 33.3 Å². The van der Waals surface area contributed by atoms with Crippen LogP contribution in [0.3, 0.4) is 0 Å². The van der Waals surface area contributed by atoms with E-state index in [9.17, 15) is 4.79 Å². The number of nitrogens with one attached hydrogen (secondary N) is 3. The lowest BCUT2D eigenvalue weighted by molar-refractivity contribution is 0.0909. The molecule has 4 unspecified atom stereocenters. The van der Waals surface area contributed by atoms with E-state index in [4.69, 9.17) is 10.00 Å². The molecule has 1 saturated carbocycles. The SMILES string of the molecule is COc1ccccc1C1NNC2CCC(NC(=O)c3ncc(C#N)cc3C)CC21. The van der Waals surface area contributed by atoms with Crippen molar-refractivity contribution in [2.24, 2.45) is 5.92 Å². The van der Waals surface area contributed by atoms with E-state index in [0.29, 0.717) is 28.8 Å². The Balaban J connectivity index is 1.48. The Morgan fingerprint density at radius 2 is 2.14 bits per heavy atom. The van der Waals surface area contributed by atoms with Crippen molar-refractivity contribution in [1.82, 2.24) is 21.2 Å². The molecule has 1 saturated heterocycles. The third-order valence-electron chi connectivity index (χ3n) is 5.98. The van der Waals surface area contributed by atoms with Crippen LogP contribution in [0, 0.1) is 24.2 Å². The van der Waals surface area contributed by atoms with Crippen molar-refractivity contribution in [2.75, 3.05) is 7.11 Å². The zero-order valence-corrected chi connectivity index (χ0v) is 16.6. The Bertz CT molecular complexity index is 954. The first-order valence-electron chi connectivity index (χ1n) is 9.92. The van der Waals surface area contributed by atoms with Gasteiger partial charge in [-0.15, -0.1) is 0 Å². The fourth-order valence-electron chi connectivity index (χ4n) is 4.55. The van der Waals surface area contributed by atoms with Crippen LogP contribution in [-0.4, -0.2) is 30.1 Å². The zero-order chi connectivity index (χ0) is 20.4. The van der Waals surface area contributed by atoms with Gasteiger partial charge in [0, 0.05) is 23.8 Å². The molecule has 0 bridgehead atoms. The van der Waals surface area contributed by atoms with Gasteiger partial charge in [0.05, 0.1) is 18.7 Å². The Morgan fingerprint density at radius 1 is 1.31 bits per heavy atom. The minimum atomic E-state index is -0.178. The molecule has 7 nitrogen and oxygen atoms in total. The van der Waals surface area contributed by atoms with Crippen molar-refractivity contribution >= 4 is 5.91 Å². The summed E-state index contributed by atoms with van der Waals surface area (Å²) >= 11 is 0. The molecule has 2 aliphatic rings. The Labute approximate surface area is 170 Å². The minimum absolute atomic E-state index is 0.0829. The first kappa shape index (κ1) is 19.4. The van der Waals surface area contributed by atoms with Gasteiger partial charge >= 0.3 is 0 Å². The lowest BCUT2D eigenvalue weighted by atomic mass is 9.77. The minimum Gasteiger partial charge on any atom is -0.496 e. The number of carbonyl (C=O) groups excluding carboxylic acids is 1. The molecule has 2 fully saturated rings. The lowest BCUT2D eigenvalue weighted by Gasteiger charge is -2.34. The highest BCUT2D eigenvalue weighted by molar-refractivity contribution is 5.93. The molecule has 2 aromatic rings. The fourth-order valence-corrected chi connectivity index (χ4v) is 4.55. The highest BCUT2D eigenvalue weighted by atomic mass is 16.5. The van der Waals surface area contributed by atoms with Crippen molar-refractivity contribution in [2.45, 2.75) is 44.3 Å². The number of hydrazine groups is 1. The largest absolute Gasteiger partial charge is 0.496 e. The predicted molar refractivity (Wildman–Crippen MR) is 108 cm³/mol. The number of hydrogen-bond acceptors (Lipinski definition) is 6. The number of para-hydroxylation sites is 1. The summed E-state index contributed by atoms with van der Waals surface area (Å²) in [5.41, 5.74) is 9.55. The van der Waals surface area contributed by atoms with Gasteiger partial charge in [0.15, 0.2) is 0 Å². The molecule has 2 heterocycles. The summed E-state index contributed by atoms with van der Waals surface area (Å²) in [7, 11) is 1.69. The first-order valence-corrected chi connectivity index (χ1v) is 9.92. The third-order valence-corrected chi connectivity index (χ3v) is 5.98. The summed E-state index contributed by atoms with van der Waals surface area (Å²) in [6, 6.07) is 12.4. The Kier molecular flexibility index (Phi) is 5.47. The number of nitrogens with zero attached hydrogens (tertiary/aromatic N) is 2. The van der Waals surface area contributed by atoms with Crippen LogP contribution < -0.4 is 20.9 Å². The number of amides is 1. The quantitative estimate of drug-likeness (QED) is 0.740. The number of aromatic nitrogens is 1. The molecule has 1 amide bonds. The maximum absolute atomic E-state index is 12.8. The number of carbonyl (C=O) groups is 1. The topological polar surface area (TPSA) is 99.1 Å². The third kappa shape index (κ3) is 3.82. The Hall–Kier alpha value is -2.95. The normalized spacial score (nSPS) is 25.7. The van der Waals surface area contributed by atoms with Gasteiger partial charge in [0.1, 0.15) is 17.5 Å². The summed E-state index contributed by atoms with van der Waals surface area (Å²) in [4.78, 5) is 17.0. The maximum atomic E-state index is 12.8. The van der Waals surface area contributed by atoms with Crippen molar-refractivity contribution in [3.05, 3.63) is 58.9 Å². The van der Waals surface area contributed by atoms with Crippen LogP contribution >= 0.6 is 0 Å². The molecule has 1 aliphatic heterocycles. The summed E-state index contributed by atoms with van der Waals surface area (Å²) in [5.74, 6) is 1.04. The van der Waals surface area contributed by atoms with Crippen molar-refractivity contribution in [3.8, 4) is 11.8 Å². The number of rotatable bonds is 4. The molecule has 4 rings (SSSR count). The molecule has 3 N–H and O–H groups in total. The molecule has 1 aliphatic carbocycles. The van der Waals surface area contributed by atoms with Gasteiger partial charge in [-0.25, -0.2) is 10.4 Å². The average Bonchev–Trinajstić information content (AvgIpc) is 3.16. The van der Waals surface area contributed by atoms with E-state index in [-0.39, 0.29) is 18.0 Å². The van der Waals surface area contributed by atoms with Crippen molar-refractivity contribution in [3.63, 3.8) is 0 Å². The van der Waals surface area contributed by atoms with Crippen LogP contribution in [0.2, 0.25) is 0 Å². The van der Waals surface area contributed by atoms with Crippen LogP contribution in [0.25, 0.3) is 0 Å². The van der Waals surface area contributed by atoms with E-state index in [1.807, 2.05) is 25.1 Å². The molecule has 1 aromatic heterocycles. The van der Waals surface area contributed by atoms with Gasteiger partial charge in [-0.05, 0) is 49.8 Å². The van der Waals surface area contributed by atoms with Crippen LogP contribution in [0.5, 0.6) is 5.75 Å². The van der Waals surface area contributed by atoms with E-state index >= 15 is 0 Å². The number of pyridine rings is 1. The number of ether oxygens (including phenoxy) is 1. The molecule has 1 aromatic carbocycles. The fraction of sp³-hybridized carbons (Fsp3) is 0.409.